The number of nitrogens with one attached hydrogen (secondary N) is 1. The number of methoxy groups -OCH3 is 1. The first-order valence-corrected chi connectivity index (χ1v) is 8.74. The smallest absolute Gasteiger partial charge is 0.340 e. The van der Waals surface area contributed by atoms with Crippen LogP contribution >= 0.6 is 0 Å². The summed E-state index contributed by atoms with van der Waals surface area (Å²) in [5.74, 6) is -1.21. The molecule has 27 heavy (non-hydrogen) atoms. The number of carbonyl (C=O) groups excluding carboxylic acids is 3. The van der Waals surface area contributed by atoms with Crippen LogP contribution in [0.5, 0.6) is 5.75 Å². The Bertz CT molecular complexity index is 879. The van der Waals surface area contributed by atoms with Crippen LogP contribution in [0.1, 0.15) is 51.0 Å². The van der Waals surface area contributed by atoms with Crippen LogP contribution in [-0.2, 0) is 9.53 Å². The first-order chi connectivity index (χ1) is 12.9. The van der Waals surface area contributed by atoms with E-state index in [4.69, 9.17) is 9.47 Å². The van der Waals surface area contributed by atoms with Crippen LogP contribution in [0.15, 0.2) is 30.3 Å². The van der Waals surface area contributed by atoms with Gasteiger partial charge in [0.25, 0.3) is 11.8 Å². The first kappa shape index (κ1) is 18.7. The molecule has 1 aromatic carbocycles. The van der Waals surface area contributed by atoms with Gasteiger partial charge in [-0.1, -0.05) is 0 Å². The van der Waals surface area contributed by atoms with Crippen LogP contribution in [0.25, 0.3) is 0 Å². The number of carbonyl (C=O) groups is 3. The Morgan fingerprint density at radius 3 is 2.41 bits per heavy atom. The van der Waals surface area contributed by atoms with Gasteiger partial charge in [-0.3, -0.25) is 14.9 Å². The van der Waals surface area contributed by atoms with Crippen LogP contribution in [0.3, 0.4) is 0 Å². The van der Waals surface area contributed by atoms with Crippen LogP contribution in [0, 0.1) is 13.8 Å². The van der Waals surface area contributed by atoms with E-state index in [9.17, 15) is 14.4 Å². The minimum absolute atomic E-state index is 0.309. The number of rotatable bonds is 6. The van der Waals surface area contributed by atoms with E-state index in [2.05, 4.69) is 9.88 Å². The lowest BCUT2D eigenvalue weighted by molar-refractivity contribution is -0.123. The second kappa shape index (κ2) is 7.65. The van der Waals surface area contributed by atoms with Crippen molar-refractivity contribution in [2.24, 2.45) is 0 Å². The summed E-state index contributed by atoms with van der Waals surface area (Å²) in [7, 11) is 1.52. The SMILES string of the molecule is COc1ccc(C(=O)NC(=O)COC(=O)c2cc(C)n(C3CC3)c2C)cc1. The summed E-state index contributed by atoms with van der Waals surface area (Å²) in [5, 5.41) is 2.20. The molecule has 1 N–H and O–H groups in total. The predicted molar refractivity (Wildman–Crippen MR) is 97.9 cm³/mol. The number of amides is 2. The predicted octanol–water partition coefficient (Wildman–Crippen LogP) is 2.56. The Morgan fingerprint density at radius 1 is 1.15 bits per heavy atom. The van der Waals surface area contributed by atoms with Crippen molar-refractivity contribution in [1.29, 1.82) is 0 Å². The lowest BCUT2D eigenvalue weighted by atomic mass is 10.2. The number of hydrogen-bond donors (Lipinski definition) is 1. The summed E-state index contributed by atoms with van der Waals surface area (Å²) < 4.78 is 12.2. The Morgan fingerprint density at radius 2 is 1.81 bits per heavy atom. The summed E-state index contributed by atoms with van der Waals surface area (Å²) >= 11 is 0. The van der Waals surface area contributed by atoms with Crippen LogP contribution < -0.4 is 10.1 Å². The standard InChI is InChI=1S/C20H22N2O5/c1-12-10-17(13(2)22(12)15-6-7-15)20(25)27-11-18(23)21-19(24)14-4-8-16(26-3)9-5-14/h4-5,8-10,15H,6-7,11H2,1-3H3,(H,21,23,24). The molecular weight excluding hydrogens is 348 g/mol. The highest BCUT2D eigenvalue weighted by molar-refractivity contribution is 6.05. The van der Waals surface area contributed by atoms with E-state index in [0.29, 0.717) is 22.9 Å². The Hall–Kier alpha value is -3.09. The monoisotopic (exact) mass is 370 g/mol. The average molecular weight is 370 g/mol. The van der Waals surface area contributed by atoms with Crippen molar-refractivity contribution in [2.45, 2.75) is 32.7 Å². The van der Waals surface area contributed by atoms with Gasteiger partial charge in [0.15, 0.2) is 6.61 Å². The zero-order valence-electron chi connectivity index (χ0n) is 15.6. The van der Waals surface area contributed by atoms with Crippen molar-refractivity contribution in [2.75, 3.05) is 13.7 Å². The molecule has 1 aliphatic rings. The number of hydrogen-bond acceptors (Lipinski definition) is 5. The number of benzene rings is 1. The van der Waals surface area contributed by atoms with Crippen molar-refractivity contribution in [1.82, 2.24) is 9.88 Å². The highest BCUT2D eigenvalue weighted by Crippen LogP contribution is 2.38. The van der Waals surface area contributed by atoms with Crippen LogP contribution in [-0.4, -0.2) is 36.1 Å². The normalized spacial score (nSPS) is 13.1. The molecule has 2 aromatic rings. The minimum Gasteiger partial charge on any atom is -0.497 e. The molecule has 0 aliphatic heterocycles. The van der Waals surface area contributed by atoms with Gasteiger partial charge in [0.2, 0.25) is 0 Å². The zero-order chi connectivity index (χ0) is 19.6. The van der Waals surface area contributed by atoms with Gasteiger partial charge in [0.05, 0.1) is 12.7 Å². The van der Waals surface area contributed by atoms with Crippen molar-refractivity contribution < 1.29 is 23.9 Å². The molecule has 0 radical (unpaired) electrons. The number of imide groups is 1. The highest BCUT2D eigenvalue weighted by atomic mass is 16.5. The molecule has 0 bridgehead atoms. The zero-order valence-corrected chi connectivity index (χ0v) is 15.6. The van der Waals surface area contributed by atoms with Gasteiger partial charge in [-0.25, -0.2) is 4.79 Å². The molecule has 0 unspecified atom stereocenters. The van der Waals surface area contributed by atoms with E-state index in [0.717, 1.165) is 24.2 Å². The second-order valence-electron chi connectivity index (χ2n) is 6.57. The van der Waals surface area contributed by atoms with Gasteiger partial charge in [-0.05, 0) is 57.0 Å². The van der Waals surface area contributed by atoms with Crippen molar-refractivity contribution >= 4 is 17.8 Å². The Kier molecular flexibility index (Phi) is 5.30. The number of nitrogens with zero attached hydrogens (tertiary/aromatic N) is 1. The molecular formula is C20H22N2O5. The lowest BCUT2D eigenvalue weighted by Gasteiger charge is -2.08. The fraction of sp³-hybridized carbons (Fsp3) is 0.350. The van der Waals surface area contributed by atoms with Gasteiger partial charge in [0.1, 0.15) is 5.75 Å². The van der Waals surface area contributed by atoms with Gasteiger partial charge in [-0.2, -0.15) is 0 Å². The summed E-state index contributed by atoms with van der Waals surface area (Å²) in [6.07, 6.45) is 2.22. The van der Waals surface area contributed by atoms with Crippen molar-refractivity contribution in [3.63, 3.8) is 0 Å². The number of esters is 1. The molecule has 3 rings (SSSR count). The average Bonchev–Trinajstić information content (AvgIpc) is 3.44. The van der Waals surface area contributed by atoms with Crippen molar-refractivity contribution in [3.05, 3.63) is 52.8 Å². The third-order valence-corrected chi connectivity index (χ3v) is 4.56. The second-order valence-corrected chi connectivity index (χ2v) is 6.57. The Labute approximate surface area is 157 Å². The molecule has 1 fully saturated rings. The molecule has 142 valence electrons. The van der Waals surface area contributed by atoms with E-state index < -0.39 is 24.4 Å². The van der Waals surface area contributed by atoms with Gasteiger partial charge >= 0.3 is 5.97 Å². The maximum Gasteiger partial charge on any atom is 0.340 e. The Balaban J connectivity index is 1.54. The highest BCUT2D eigenvalue weighted by Gasteiger charge is 2.29. The molecule has 7 nitrogen and oxygen atoms in total. The quantitative estimate of drug-likeness (QED) is 0.790. The van der Waals surface area contributed by atoms with E-state index in [1.807, 2.05) is 13.8 Å². The molecule has 0 atom stereocenters. The molecule has 2 amide bonds. The number of ether oxygens (including phenoxy) is 2. The summed E-state index contributed by atoms with van der Waals surface area (Å²) in [6.45, 7) is 3.30. The van der Waals surface area contributed by atoms with E-state index >= 15 is 0 Å². The van der Waals surface area contributed by atoms with E-state index in [1.165, 1.54) is 7.11 Å². The summed E-state index contributed by atoms with van der Waals surface area (Å²) in [5.41, 5.74) is 2.60. The lowest BCUT2D eigenvalue weighted by Crippen LogP contribution is -2.34. The maximum atomic E-state index is 12.3. The molecule has 0 saturated heterocycles. The number of aryl methyl sites for hydroxylation is 1. The fourth-order valence-corrected chi connectivity index (χ4v) is 3.06. The molecule has 0 spiro atoms. The van der Waals surface area contributed by atoms with Crippen LogP contribution in [0.4, 0.5) is 0 Å². The summed E-state index contributed by atoms with van der Waals surface area (Å²) in [4.78, 5) is 36.2. The molecule has 1 aromatic heterocycles. The van der Waals surface area contributed by atoms with Crippen LogP contribution in [0.2, 0.25) is 0 Å². The molecule has 1 heterocycles. The molecule has 7 heteroatoms. The van der Waals surface area contributed by atoms with E-state index in [1.54, 1.807) is 30.3 Å². The number of aromatic nitrogens is 1. The summed E-state index contributed by atoms with van der Waals surface area (Å²) in [6, 6.07) is 8.55. The van der Waals surface area contributed by atoms with E-state index in [-0.39, 0.29) is 0 Å². The first-order valence-electron chi connectivity index (χ1n) is 8.74. The van der Waals surface area contributed by atoms with Gasteiger partial charge in [-0.15, -0.1) is 0 Å². The van der Waals surface area contributed by atoms with Crippen molar-refractivity contribution in [3.8, 4) is 5.75 Å². The third kappa shape index (κ3) is 4.19. The molecule has 1 saturated carbocycles. The van der Waals surface area contributed by atoms with Gasteiger partial charge < -0.3 is 14.0 Å². The minimum atomic E-state index is -0.680. The van der Waals surface area contributed by atoms with Gasteiger partial charge in [0, 0.05) is 23.0 Å². The third-order valence-electron chi connectivity index (χ3n) is 4.56. The topological polar surface area (TPSA) is 86.6 Å². The fourth-order valence-electron chi connectivity index (χ4n) is 3.06. The largest absolute Gasteiger partial charge is 0.497 e. The maximum absolute atomic E-state index is 12.3. The molecule has 1 aliphatic carbocycles.